The normalized spacial score (nSPS) is 17.7. The maximum atomic E-state index is 12.9. The molecule has 11 heteroatoms. The largest absolute Gasteiger partial charge is 0.393 e. The van der Waals surface area contributed by atoms with E-state index in [0.717, 1.165) is 41.7 Å². The topological polar surface area (TPSA) is 75.9 Å². The Kier molecular flexibility index (Phi) is 7.99. The fourth-order valence-corrected chi connectivity index (χ4v) is 6.22. The quantitative estimate of drug-likeness (QED) is 0.260. The molecule has 1 aliphatic rings. The highest BCUT2D eigenvalue weighted by atomic mass is 32.1. The van der Waals surface area contributed by atoms with Crippen molar-refractivity contribution in [3.8, 4) is 0 Å². The summed E-state index contributed by atoms with van der Waals surface area (Å²) in [6.45, 7) is 0.703. The Morgan fingerprint density at radius 1 is 1.18 bits per heavy atom. The van der Waals surface area contributed by atoms with Crippen LogP contribution >= 0.6 is 11.3 Å². The molecule has 5 rings (SSSR count). The van der Waals surface area contributed by atoms with E-state index in [4.69, 9.17) is 0 Å². The summed E-state index contributed by atoms with van der Waals surface area (Å²) in [5.41, 5.74) is 2.88. The van der Waals surface area contributed by atoms with Gasteiger partial charge in [0.1, 0.15) is 17.0 Å². The predicted molar refractivity (Wildman–Crippen MR) is 146 cm³/mol. The molecule has 0 amide bonds. The van der Waals surface area contributed by atoms with Crippen molar-refractivity contribution in [2.45, 2.75) is 63.3 Å². The highest BCUT2D eigenvalue weighted by molar-refractivity contribution is 7.18. The average Bonchev–Trinajstić information content (AvgIpc) is 3.64. The molecule has 206 valence electrons. The lowest BCUT2D eigenvalue weighted by atomic mass is 10.0. The van der Waals surface area contributed by atoms with Crippen LogP contribution in [0.4, 0.5) is 19.0 Å². The van der Waals surface area contributed by atoms with Gasteiger partial charge in [0.25, 0.3) is 0 Å². The first kappa shape index (κ1) is 27.3. The van der Waals surface area contributed by atoms with Crippen LogP contribution in [0.25, 0.3) is 10.2 Å². The van der Waals surface area contributed by atoms with Crippen molar-refractivity contribution in [3.63, 3.8) is 0 Å². The maximum Gasteiger partial charge on any atom is 0.393 e. The van der Waals surface area contributed by atoms with E-state index in [-0.39, 0.29) is 16.7 Å². The number of anilines is 1. The third-order valence-corrected chi connectivity index (χ3v) is 8.33. The van der Waals surface area contributed by atoms with Crippen molar-refractivity contribution in [2.75, 3.05) is 11.9 Å². The molecule has 1 fully saturated rings. The number of Topliss-reactive ketones (excluding diaryl/α,β-unsaturated/α-hetero) is 1. The Labute approximate surface area is 229 Å². The third-order valence-electron chi connectivity index (χ3n) is 7.29. The molecule has 0 bridgehead atoms. The van der Waals surface area contributed by atoms with Crippen molar-refractivity contribution < 1.29 is 18.0 Å². The molecule has 0 aliphatic heterocycles. The molecule has 4 aromatic rings. The minimum atomic E-state index is -4.25. The van der Waals surface area contributed by atoms with E-state index in [1.807, 2.05) is 44.6 Å². The third kappa shape index (κ3) is 6.83. The van der Waals surface area contributed by atoms with Gasteiger partial charge in [0.05, 0.1) is 18.0 Å². The number of rotatable bonds is 10. The van der Waals surface area contributed by atoms with Gasteiger partial charge in [0, 0.05) is 55.8 Å². The van der Waals surface area contributed by atoms with Crippen LogP contribution in [0.1, 0.15) is 52.0 Å². The molecule has 0 saturated heterocycles. The summed E-state index contributed by atoms with van der Waals surface area (Å²) in [6, 6.07) is 9.90. The lowest BCUT2D eigenvalue weighted by Crippen LogP contribution is -2.33. The number of nitrogens with zero attached hydrogens (tertiary/aromatic N) is 5. The average molecular weight is 557 g/mol. The maximum absolute atomic E-state index is 12.9. The molecular weight excluding hydrogens is 525 g/mol. The van der Waals surface area contributed by atoms with Crippen LogP contribution in [0.2, 0.25) is 0 Å². The second-order valence-electron chi connectivity index (χ2n) is 10.2. The van der Waals surface area contributed by atoms with Crippen molar-refractivity contribution >= 4 is 33.2 Å². The number of aromatic nitrogens is 4. The van der Waals surface area contributed by atoms with E-state index in [1.54, 1.807) is 16.9 Å². The zero-order chi connectivity index (χ0) is 27.6. The van der Waals surface area contributed by atoms with E-state index in [0.29, 0.717) is 47.0 Å². The van der Waals surface area contributed by atoms with Gasteiger partial charge in [-0.3, -0.25) is 9.48 Å². The standard InChI is InChI=1S/C28H31F3N6OS/c1-36-16-19(15-35-36)5-10-25(38)20-6-3-18(4-7-20)14-32-21-8-9-22(11-21)37(2)26-24-12-23(13-28(29,30)31)39-27(24)34-17-33-26/h3-4,6-7,12,15-17,21-22,32H,5,8-11,13-14H2,1-2H3/t21-,22+/m0/s1. The molecule has 0 spiro atoms. The van der Waals surface area contributed by atoms with Gasteiger partial charge in [-0.15, -0.1) is 11.3 Å². The minimum absolute atomic E-state index is 0.120. The molecule has 1 saturated carbocycles. The van der Waals surface area contributed by atoms with Crippen LogP contribution in [-0.4, -0.2) is 50.8 Å². The predicted octanol–water partition coefficient (Wildman–Crippen LogP) is 5.49. The number of carbonyl (C=O) groups excluding carboxylic acids is 1. The lowest BCUT2D eigenvalue weighted by molar-refractivity contribution is -0.126. The van der Waals surface area contributed by atoms with Crippen LogP contribution in [-0.2, 0) is 26.4 Å². The van der Waals surface area contributed by atoms with Crippen molar-refractivity contribution in [2.24, 2.45) is 7.05 Å². The van der Waals surface area contributed by atoms with Crippen LogP contribution in [0.5, 0.6) is 0 Å². The first-order chi connectivity index (χ1) is 18.6. The van der Waals surface area contributed by atoms with Gasteiger partial charge in [-0.2, -0.15) is 18.3 Å². The molecule has 7 nitrogen and oxygen atoms in total. The Hall–Kier alpha value is -3.31. The Morgan fingerprint density at radius 2 is 1.97 bits per heavy atom. The summed E-state index contributed by atoms with van der Waals surface area (Å²) < 4.78 is 40.4. The van der Waals surface area contributed by atoms with Gasteiger partial charge in [0.2, 0.25) is 0 Å². The smallest absolute Gasteiger partial charge is 0.356 e. The summed E-state index contributed by atoms with van der Waals surface area (Å²) >= 11 is 1.08. The zero-order valence-electron chi connectivity index (χ0n) is 21.9. The van der Waals surface area contributed by atoms with Gasteiger partial charge in [0.15, 0.2) is 5.78 Å². The summed E-state index contributed by atoms with van der Waals surface area (Å²) in [4.78, 5) is 24.1. The second-order valence-corrected chi connectivity index (χ2v) is 11.3. The molecule has 0 radical (unpaired) electrons. The second kappa shape index (κ2) is 11.4. The van der Waals surface area contributed by atoms with Gasteiger partial charge in [-0.1, -0.05) is 24.3 Å². The Bertz CT molecular complexity index is 1430. The number of carbonyl (C=O) groups is 1. The molecule has 3 heterocycles. The van der Waals surface area contributed by atoms with Crippen LogP contribution in [0, 0.1) is 0 Å². The lowest BCUT2D eigenvalue weighted by Gasteiger charge is -2.26. The monoisotopic (exact) mass is 556 g/mol. The van der Waals surface area contributed by atoms with Gasteiger partial charge >= 0.3 is 6.18 Å². The van der Waals surface area contributed by atoms with Crippen LogP contribution in [0.15, 0.2) is 49.1 Å². The summed E-state index contributed by atoms with van der Waals surface area (Å²) in [6.07, 6.45) is 3.94. The first-order valence-corrected chi connectivity index (χ1v) is 13.8. The highest BCUT2D eigenvalue weighted by Gasteiger charge is 2.31. The van der Waals surface area contributed by atoms with Crippen molar-refractivity contribution in [1.29, 1.82) is 0 Å². The number of halogens is 3. The van der Waals surface area contributed by atoms with E-state index < -0.39 is 12.6 Å². The number of nitrogens with one attached hydrogen (secondary N) is 1. The summed E-state index contributed by atoms with van der Waals surface area (Å²) in [5.74, 6) is 0.800. The molecule has 0 unspecified atom stereocenters. The first-order valence-electron chi connectivity index (χ1n) is 13.0. The van der Waals surface area contributed by atoms with Gasteiger partial charge < -0.3 is 10.2 Å². The van der Waals surface area contributed by atoms with E-state index in [1.165, 1.54) is 6.33 Å². The van der Waals surface area contributed by atoms with E-state index in [9.17, 15) is 18.0 Å². The number of thiophene rings is 1. The fraction of sp³-hybridized carbons (Fsp3) is 0.429. The molecule has 1 N–H and O–H groups in total. The van der Waals surface area contributed by atoms with Gasteiger partial charge in [-0.25, -0.2) is 9.97 Å². The van der Waals surface area contributed by atoms with Crippen molar-refractivity contribution in [1.82, 2.24) is 25.1 Å². The number of hydrogen-bond donors (Lipinski definition) is 1. The van der Waals surface area contributed by atoms with Crippen LogP contribution in [0.3, 0.4) is 0 Å². The van der Waals surface area contributed by atoms with Crippen molar-refractivity contribution in [3.05, 3.63) is 70.6 Å². The number of hydrogen-bond acceptors (Lipinski definition) is 7. The SMILES string of the molecule is CN(c1ncnc2sc(CC(F)(F)F)cc12)[C@@H]1CC[C@H](NCc2ccc(C(=O)CCc3cnn(C)c3)cc2)C1. The highest BCUT2D eigenvalue weighted by Crippen LogP contribution is 2.35. The molecule has 3 aromatic heterocycles. The van der Waals surface area contributed by atoms with Gasteiger partial charge in [-0.05, 0) is 42.9 Å². The molecule has 1 aliphatic carbocycles. The van der Waals surface area contributed by atoms with Crippen LogP contribution < -0.4 is 10.2 Å². The molecule has 1 aromatic carbocycles. The Balaban J connectivity index is 1.13. The molecular formula is C28H31F3N6OS. The van der Waals surface area contributed by atoms with E-state index >= 15 is 0 Å². The van der Waals surface area contributed by atoms with E-state index in [2.05, 4.69) is 25.3 Å². The number of alkyl halides is 3. The zero-order valence-corrected chi connectivity index (χ0v) is 22.7. The number of ketones is 1. The molecule has 2 atom stereocenters. The molecule has 39 heavy (non-hydrogen) atoms. The summed E-state index contributed by atoms with van der Waals surface area (Å²) in [5, 5.41) is 8.44. The summed E-state index contributed by atoms with van der Waals surface area (Å²) in [7, 11) is 3.82. The fourth-order valence-electron chi connectivity index (χ4n) is 5.20. The Morgan fingerprint density at radius 3 is 2.69 bits per heavy atom. The number of fused-ring (bicyclic) bond motifs is 1. The number of benzene rings is 1. The minimum Gasteiger partial charge on any atom is -0.356 e. The number of aryl methyl sites for hydroxylation is 2.